The molecule has 0 radical (unpaired) electrons. The Bertz CT molecular complexity index is 1520. The number of allylic oxidation sites excluding steroid dienone is 12. The highest BCUT2D eigenvalue weighted by Gasteiger charge is 2.26. The quantitative estimate of drug-likeness (QED) is 0.0264. The second kappa shape index (κ2) is 64.6. The first-order chi connectivity index (χ1) is 38.8. The standard InChI is InChI=1S/C69H126NO8P/c1-3-5-7-9-11-13-15-17-19-21-23-25-27-29-31-32-33-34-36-37-39-41-43-45-47-49-51-53-55-57-59-61-68(71)75-65-67(66-77-79(73,74)76-64-63-70)78-69(72)62-60-58-56-54-52-50-48-46-44-42-40-38-35-30-28-26-24-22-20-18-16-14-12-10-8-6-4-2/h6,8,12,14-15,17-18,20-21,23-24,26,67H,3-5,7,9-11,13,16,19,22,25,27-66,70H2,1-2H3,(H,73,74)/b8-6-,14-12-,17-15-,20-18-,23-21-,26-24-. The summed E-state index contributed by atoms with van der Waals surface area (Å²) in [4.78, 5) is 35.3. The molecule has 0 aromatic rings. The Hall–Kier alpha value is -2.55. The van der Waals surface area contributed by atoms with Gasteiger partial charge in [-0.25, -0.2) is 4.57 Å². The lowest BCUT2D eigenvalue weighted by atomic mass is 10.0. The predicted molar refractivity (Wildman–Crippen MR) is 339 cm³/mol. The van der Waals surface area contributed by atoms with Crippen LogP contribution in [0.15, 0.2) is 72.9 Å². The first kappa shape index (κ1) is 76.5. The molecule has 0 heterocycles. The Kier molecular flexibility index (Phi) is 62.5. The zero-order valence-electron chi connectivity index (χ0n) is 51.6. The van der Waals surface area contributed by atoms with Crippen LogP contribution in [0.5, 0.6) is 0 Å². The van der Waals surface area contributed by atoms with Crippen LogP contribution in [0.1, 0.15) is 322 Å². The molecule has 0 aliphatic carbocycles. The molecule has 0 amide bonds. The first-order valence-corrected chi connectivity index (χ1v) is 34.9. The summed E-state index contributed by atoms with van der Waals surface area (Å²) in [5, 5.41) is 0. The summed E-state index contributed by atoms with van der Waals surface area (Å²) in [6.07, 6.45) is 84.1. The molecule has 0 aromatic carbocycles. The molecule has 0 spiro atoms. The third-order valence-electron chi connectivity index (χ3n) is 14.6. The summed E-state index contributed by atoms with van der Waals surface area (Å²) in [6.45, 7) is 3.67. The molecule has 0 aliphatic rings. The summed E-state index contributed by atoms with van der Waals surface area (Å²) in [5.74, 6) is -0.816. The Morgan fingerprint density at radius 3 is 1.04 bits per heavy atom. The van der Waals surface area contributed by atoms with Gasteiger partial charge < -0.3 is 20.1 Å². The second-order valence-electron chi connectivity index (χ2n) is 22.3. The van der Waals surface area contributed by atoms with E-state index in [-0.39, 0.29) is 38.6 Å². The van der Waals surface area contributed by atoms with Gasteiger partial charge >= 0.3 is 19.8 Å². The van der Waals surface area contributed by atoms with Gasteiger partial charge in [0.1, 0.15) is 6.61 Å². The summed E-state index contributed by atoms with van der Waals surface area (Å²) >= 11 is 0. The molecule has 0 fully saturated rings. The number of phosphoric ester groups is 1. The number of unbranched alkanes of at least 4 members (excludes halogenated alkanes) is 38. The van der Waals surface area contributed by atoms with Gasteiger partial charge in [0.2, 0.25) is 0 Å². The number of rotatable bonds is 63. The van der Waals surface area contributed by atoms with Gasteiger partial charge in [0, 0.05) is 19.4 Å². The predicted octanol–water partition coefficient (Wildman–Crippen LogP) is 21.6. The molecule has 0 bridgehead atoms. The Morgan fingerprint density at radius 1 is 0.392 bits per heavy atom. The number of phosphoric acid groups is 1. The van der Waals surface area contributed by atoms with E-state index in [1.807, 2.05) is 0 Å². The van der Waals surface area contributed by atoms with E-state index in [9.17, 15) is 19.0 Å². The third kappa shape index (κ3) is 64.5. The van der Waals surface area contributed by atoms with Gasteiger partial charge in [-0.2, -0.15) is 0 Å². The van der Waals surface area contributed by atoms with Crippen LogP contribution in [-0.4, -0.2) is 49.3 Å². The number of hydrogen-bond acceptors (Lipinski definition) is 8. The monoisotopic (exact) mass is 1130 g/mol. The average molecular weight is 1130 g/mol. The minimum atomic E-state index is -4.39. The summed E-state index contributed by atoms with van der Waals surface area (Å²) in [7, 11) is -4.39. The lowest BCUT2D eigenvalue weighted by molar-refractivity contribution is -0.161. The van der Waals surface area contributed by atoms with E-state index in [1.165, 1.54) is 218 Å². The van der Waals surface area contributed by atoms with Gasteiger partial charge in [-0.1, -0.05) is 299 Å². The number of ether oxygens (including phenoxy) is 2. The highest BCUT2D eigenvalue weighted by molar-refractivity contribution is 7.47. The molecule has 0 aliphatic heterocycles. The molecule has 0 saturated carbocycles. The molecule has 3 N–H and O–H groups in total. The smallest absolute Gasteiger partial charge is 0.462 e. The van der Waals surface area contributed by atoms with Gasteiger partial charge in [0.05, 0.1) is 13.2 Å². The van der Waals surface area contributed by atoms with Crippen molar-refractivity contribution in [2.75, 3.05) is 26.4 Å². The van der Waals surface area contributed by atoms with Crippen LogP contribution in [0, 0.1) is 0 Å². The molecule has 79 heavy (non-hydrogen) atoms. The third-order valence-corrected chi connectivity index (χ3v) is 15.6. The van der Waals surface area contributed by atoms with Gasteiger partial charge in [-0.05, 0) is 83.5 Å². The average Bonchev–Trinajstić information content (AvgIpc) is 3.44. The van der Waals surface area contributed by atoms with Crippen molar-refractivity contribution in [3.8, 4) is 0 Å². The number of carbonyl (C=O) groups is 2. The molecule has 0 saturated heterocycles. The topological polar surface area (TPSA) is 134 Å². The molecule has 9 nitrogen and oxygen atoms in total. The number of esters is 2. The van der Waals surface area contributed by atoms with Crippen molar-refractivity contribution < 1.29 is 37.6 Å². The SMILES string of the molecule is CC/C=C\C/C=C\C/C=C\C/C=C\CCCCCCCCCCCCCCCCC(=O)OC(COC(=O)CCCCCCCCCCCCCCCCCCCCC/C=C\C/C=C\CCCCCCC)COP(=O)(O)OCCN. The molecular formula is C69H126NO8P. The first-order valence-electron chi connectivity index (χ1n) is 33.4. The van der Waals surface area contributed by atoms with E-state index in [1.54, 1.807) is 0 Å². The highest BCUT2D eigenvalue weighted by atomic mass is 31.2. The largest absolute Gasteiger partial charge is 0.472 e. The lowest BCUT2D eigenvalue weighted by Crippen LogP contribution is -2.29. The maximum Gasteiger partial charge on any atom is 0.472 e. The van der Waals surface area contributed by atoms with Crippen LogP contribution in [0.2, 0.25) is 0 Å². The normalized spacial score (nSPS) is 13.4. The van der Waals surface area contributed by atoms with Crippen LogP contribution in [0.4, 0.5) is 0 Å². The van der Waals surface area contributed by atoms with Gasteiger partial charge in [-0.15, -0.1) is 0 Å². The molecule has 460 valence electrons. The maximum absolute atomic E-state index is 12.7. The Morgan fingerprint density at radius 2 is 0.696 bits per heavy atom. The second-order valence-corrected chi connectivity index (χ2v) is 23.8. The van der Waals surface area contributed by atoms with Gasteiger partial charge in [0.25, 0.3) is 0 Å². The van der Waals surface area contributed by atoms with Crippen LogP contribution in [0.25, 0.3) is 0 Å². The van der Waals surface area contributed by atoms with E-state index < -0.39 is 26.5 Å². The van der Waals surface area contributed by atoms with E-state index in [2.05, 4.69) is 86.8 Å². The number of carbonyl (C=O) groups excluding carboxylic acids is 2. The Balaban J connectivity index is 3.87. The van der Waals surface area contributed by atoms with Crippen molar-refractivity contribution in [1.82, 2.24) is 0 Å². The summed E-state index contributed by atoms with van der Waals surface area (Å²) in [5.41, 5.74) is 5.40. The maximum atomic E-state index is 12.7. The summed E-state index contributed by atoms with van der Waals surface area (Å²) in [6, 6.07) is 0. The van der Waals surface area contributed by atoms with Crippen LogP contribution < -0.4 is 5.73 Å². The fraction of sp³-hybridized carbons (Fsp3) is 0.797. The number of nitrogens with two attached hydrogens (primary N) is 1. The molecular weight excluding hydrogens is 1000 g/mol. The zero-order valence-corrected chi connectivity index (χ0v) is 52.5. The fourth-order valence-electron chi connectivity index (χ4n) is 9.66. The van der Waals surface area contributed by atoms with Crippen molar-refractivity contribution in [3.63, 3.8) is 0 Å². The van der Waals surface area contributed by atoms with Gasteiger partial charge in [-0.3, -0.25) is 18.6 Å². The molecule has 10 heteroatoms. The van der Waals surface area contributed by atoms with Crippen molar-refractivity contribution in [3.05, 3.63) is 72.9 Å². The highest BCUT2D eigenvalue weighted by Crippen LogP contribution is 2.43. The van der Waals surface area contributed by atoms with Crippen LogP contribution in [-0.2, 0) is 32.7 Å². The minimum absolute atomic E-state index is 0.0528. The van der Waals surface area contributed by atoms with Crippen molar-refractivity contribution >= 4 is 19.8 Å². The molecule has 0 aromatic heterocycles. The summed E-state index contributed by atoms with van der Waals surface area (Å²) < 4.78 is 33.2. The van der Waals surface area contributed by atoms with Crippen molar-refractivity contribution in [2.24, 2.45) is 5.73 Å². The van der Waals surface area contributed by atoms with E-state index >= 15 is 0 Å². The van der Waals surface area contributed by atoms with Crippen LogP contribution >= 0.6 is 7.82 Å². The molecule has 2 unspecified atom stereocenters. The van der Waals surface area contributed by atoms with E-state index in [0.717, 1.165) is 70.6 Å². The molecule has 0 rings (SSSR count). The minimum Gasteiger partial charge on any atom is -0.462 e. The van der Waals surface area contributed by atoms with Crippen molar-refractivity contribution in [2.45, 2.75) is 328 Å². The zero-order chi connectivity index (χ0) is 57.3. The van der Waals surface area contributed by atoms with Crippen LogP contribution in [0.3, 0.4) is 0 Å². The number of hydrogen-bond donors (Lipinski definition) is 2. The van der Waals surface area contributed by atoms with E-state index in [0.29, 0.717) is 6.42 Å². The van der Waals surface area contributed by atoms with E-state index in [4.69, 9.17) is 24.3 Å². The van der Waals surface area contributed by atoms with Crippen molar-refractivity contribution in [1.29, 1.82) is 0 Å². The van der Waals surface area contributed by atoms with Gasteiger partial charge in [0.15, 0.2) is 6.10 Å². The lowest BCUT2D eigenvalue weighted by Gasteiger charge is -2.19. The fourth-order valence-corrected chi connectivity index (χ4v) is 10.4. The Labute approximate surface area is 488 Å². The molecule has 2 atom stereocenters.